The summed E-state index contributed by atoms with van der Waals surface area (Å²) in [5.74, 6) is 0.0454. The minimum absolute atomic E-state index is 0.0454. The second-order valence-corrected chi connectivity index (χ2v) is 7.39. The normalized spacial score (nSPS) is 15.7. The third-order valence-corrected chi connectivity index (χ3v) is 5.08. The summed E-state index contributed by atoms with van der Waals surface area (Å²) in [6.45, 7) is 2.27. The van der Waals surface area contributed by atoms with Gasteiger partial charge in [0.05, 0.1) is 0 Å². The van der Waals surface area contributed by atoms with Crippen LogP contribution in [0.25, 0.3) is 0 Å². The Morgan fingerprint density at radius 2 is 1.22 bits per heavy atom. The molecule has 1 aliphatic rings. The molecule has 2 nitrogen and oxygen atoms in total. The van der Waals surface area contributed by atoms with Crippen LogP contribution in [-0.2, 0) is 9.53 Å². The number of esters is 1. The Kier molecular flexibility index (Phi) is 13.4. The lowest BCUT2D eigenvalue weighted by Crippen LogP contribution is -2.20. The van der Waals surface area contributed by atoms with Crippen molar-refractivity contribution in [2.75, 3.05) is 0 Å². The second kappa shape index (κ2) is 15.0. The van der Waals surface area contributed by atoms with Gasteiger partial charge in [0.25, 0.3) is 0 Å². The number of unbranched alkanes of at least 4 members (excludes halogenated alkanes) is 11. The van der Waals surface area contributed by atoms with E-state index in [4.69, 9.17) is 4.74 Å². The van der Waals surface area contributed by atoms with Crippen LogP contribution in [0.3, 0.4) is 0 Å². The van der Waals surface area contributed by atoms with Crippen molar-refractivity contribution in [2.45, 2.75) is 129 Å². The van der Waals surface area contributed by atoms with Gasteiger partial charge in [0.1, 0.15) is 6.10 Å². The number of hydrogen-bond acceptors (Lipinski definition) is 2. The maximum Gasteiger partial charge on any atom is 0.306 e. The van der Waals surface area contributed by atoms with Crippen molar-refractivity contribution in [3.63, 3.8) is 0 Å². The monoisotopic (exact) mass is 324 g/mol. The predicted molar refractivity (Wildman–Crippen MR) is 98.7 cm³/mol. The molecule has 0 aromatic rings. The van der Waals surface area contributed by atoms with E-state index in [0.29, 0.717) is 6.42 Å². The highest BCUT2D eigenvalue weighted by molar-refractivity contribution is 5.69. The molecule has 0 radical (unpaired) electrons. The van der Waals surface area contributed by atoms with E-state index >= 15 is 0 Å². The summed E-state index contributed by atoms with van der Waals surface area (Å²) in [5.41, 5.74) is 0. The van der Waals surface area contributed by atoms with Crippen molar-refractivity contribution in [3.8, 4) is 0 Å². The zero-order valence-electron chi connectivity index (χ0n) is 15.6. The van der Waals surface area contributed by atoms with Gasteiger partial charge in [-0.15, -0.1) is 0 Å². The van der Waals surface area contributed by atoms with E-state index in [0.717, 1.165) is 19.3 Å². The fourth-order valence-corrected chi connectivity index (χ4v) is 3.54. The van der Waals surface area contributed by atoms with E-state index in [1.807, 2.05) is 0 Å². The molecule has 0 amide bonds. The lowest BCUT2D eigenvalue weighted by molar-refractivity contribution is -0.150. The van der Waals surface area contributed by atoms with E-state index in [-0.39, 0.29) is 12.1 Å². The first kappa shape index (κ1) is 20.5. The Bertz CT molecular complexity index is 269. The molecule has 0 atom stereocenters. The molecule has 1 fully saturated rings. The van der Waals surface area contributed by atoms with Gasteiger partial charge in [-0.2, -0.15) is 0 Å². The van der Waals surface area contributed by atoms with Gasteiger partial charge < -0.3 is 4.74 Å². The van der Waals surface area contributed by atoms with Crippen LogP contribution in [0.4, 0.5) is 0 Å². The second-order valence-electron chi connectivity index (χ2n) is 7.39. The van der Waals surface area contributed by atoms with Crippen LogP contribution in [0.1, 0.15) is 122 Å². The van der Waals surface area contributed by atoms with Crippen LogP contribution in [-0.4, -0.2) is 12.1 Å². The lowest BCUT2D eigenvalue weighted by atomic mass is 9.98. The molecule has 0 bridgehead atoms. The van der Waals surface area contributed by atoms with Gasteiger partial charge in [0.2, 0.25) is 0 Å². The third kappa shape index (κ3) is 12.5. The van der Waals surface area contributed by atoms with Crippen molar-refractivity contribution in [1.82, 2.24) is 0 Å². The molecule has 0 spiro atoms. The average Bonchev–Trinajstić information content (AvgIpc) is 2.57. The van der Waals surface area contributed by atoms with Gasteiger partial charge in [0, 0.05) is 6.42 Å². The molecule has 0 N–H and O–H groups in total. The van der Waals surface area contributed by atoms with Crippen molar-refractivity contribution in [3.05, 3.63) is 0 Å². The van der Waals surface area contributed by atoms with Crippen LogP contribution in [0.15, 0.2) is 0 Å². The van der Waals surface area contributed by atoms with Crippen molar-refractivity contribution < 1.29 is 9.53 Å². The summed E-state index contributed by atoms with van der Waals surface area (Å²) in [5, 5.41) is 0. The summed E-state index contributed by atoms with van der Waals surface area (Å²) in [7, 11) is 0. The maximum atomic E-state index is 11.8. The quantitative estimate of drug-likeness (QED) is 0.255. The molecule has 0 heterocycles. The van der Waals surface area contributed by atoms with E-state index in [2.05, 4.69) is 6.92 Å². The molecule has 1 saturated carbocycles. The number of rotatable bonds is 14. The van der Waals surface area contributed by atoms with Gasteiger partial charge in [-0.3, -0.25) is 4.79 Å². The molecule has 23 heavy (non-hydrogen) atoms. The van der Waals surface area contributed by atoms with Crippen LogP contribution in [0.5, 0.6) is 0 Å². The third-order valence-electron chi connectivity index (χ3n) is 5.08. The highest BCUT2D eigenvalue weighted by Crippen LogP contribution is 2.21. The van der Waals surface area contributed by atoms with E-state index in [1.54, 1.807) is 0 Å². The summed E-state index contributed by atoms with van der Waals surface area (Å²) >= 11 is 0. The molecule has 0 unspecified atom stereocenters. The molecule has 136 valence electrons. The molecule has 0 saturated heterocycles. The lowest BCUT2D eigenvalue weighted by Gasteiger charge is -2.21. The molecule has 1 rings (SSSR count). The fourth-order valence-electron chi connectivity index (χ4n) is 3.54. The smallest absolute Gasteiger partial charge is 0.306 e. The van der Waals surface area contributed by atoms with Gasteiger partial charge in [-0.05, 0) is 32.1 Å². The molecule has 0 aromatic heterocycles. The van der Waals surface area contributed by atoms with Crippen LogP contribution in [0.2, 0.25) is 0 Å². The fraction of sp³-hybridized carbons (Fsp3) is 0.952. The van der Waals surface area contributed by atoms with Gasteiger partial charge in [0.15, 0.2) is 0 Å². The summed E-state index contributed by atoms with van der Waals surface area (Å²) < 4.78 is 5.55. The standard InChI is InChI=1S/C21H40O2/c1-2-3-4-5-6-7-8-9-10-11-12-16-19-21(22)23-20-17-14-13-15-18-20/h20H,2-19H2,1H3. The van der Waals surface area contributed by atoms with Crippen molar-refractivity contribution in [2.24, 2.45) is 0 Å². The molecule has 1 aliphatic carbocycles. The van der Waals surface area contributed by atoms with Crippen molar-refractivity contribution >= 4 is 5.97 Å². The summed E-state index contributed by atoms with van der Waals surface area (Å²) in [6.07, 6.45) is 22.9. The zero-order valence-corrected chi connectivity index (χ0v) is 15.6. The Labute approximate surface area is 144 Å². The number of hydrogen-bond donors (Lipinski definition) is 0. The molecule has 0 aliphatic heterocycles. The first-order valence-corrected chi connectivity index (χ1v) is 10.5. The van der Waals surface area contributed by atoms with E-state index < -0.39 is 0 Å². The van der Waals surface area contributed by atoms with Gasteiger partial charge >= 0.3 is 5.97 Å². The molecule has 2 heteroatoms. The minimum Gasteiger partial charge on any atom is -0.462 e. The number of carbonyl (C=O) groups is 1. The maximum absolute atomic E-state index is 11.8. The first-order valence-electron chi connectivity index (χ1n) is 10.5. The van der Waals surface area contributed by atoms with Crippen molar-refractivity contribution in [1.29, 1.82) is 0 Å². The Hall–Kier alpha value is -0.530. The largest absolute Gasteiger partial charge is 0.462 e. The van der Waals surface area contributed by atoms with Crippen LogP contribution >= 0.6 is 0 Å². The van der Waals surface area contributed by atoms with Crippen LogP contribution in [0, 0.1) is 0 Å². The predicted octanol–water partition coefficient (Wildman–Crippen LogP) is 6.95. The number of carbonyl (C=O) groups excluding carboxylic acids is 1. The van der Waals surface area contributed by atoms with Gasteiger partial charge in [-0.25, -0.2) is 0 Å². The van der Waals surface area contributed by atoms with E-state index in [9.17, 15) is 4.79 Å². The first-order chi connectivity index (χ1) is 11.3. The average molecular weight is 325 g/mol. The Morgan fingerprint density at radius 3 is 1.74 bits per heavy atom. The summed E-state index contributed by atoms with van der Waals surface area (Å²) in [4.78, 5) is 11.8. The molecular weight excluding hydrogens is 284 g/mol. The van der Waals surface area contributed by atoms with E-state index in [1.165, 1.54) is 89.9 Å². The van der Waals surface area contributed by atoms with Crippen LogP contribution < -0.4 is 0 Å². The number of ether oxygens (including phenoxy) is 1. The Balaban J connectivity index is 1.77. The Morgan fingerprint density at radius 1 is 0.739 bits per heavy atom. The minimum atomic E-state index is 0.0454. The highest BCUT2D eigenvalue weighted by atomic mass is 16.5. The SMILES string of the molecule is CCCCCCCCCCCCCCC(=O)OC1CCCCC1. The molecule has 0 aromatic carbocycles. The van der Waals surface area contributed by atoms with Gasteiger partial charge in [-0.1, -0.05) is 84.0 Å². The highest BCUT2D eigenvalue weighted by Gasteiger charge is 2.17. The zero-order chi connectivity index (χ0) is 16.6. The topological polar surface area (TPSA) is 26.3 Å². The summed E-state index contributed by atoms with van der Waals surface area (Å²) in [6, 6.07) is 0. The molecular formula is C21H40O2.